The summed E-state index contributed by atoms with van der Waals surface area (Å²) in [6.45, 7) is 3.87. The summed E-state index contributed by atoms with van der Waals surface area (Å²) in [7, 11) is -3.59. The number of nitrogens with one attached hydrogen (secondary N) is 1. The first-order valence-corrected chi connectivity index (χ1v) is 8.53. The largest absolute Gasteiger partial charge is 0.279 e. The van der Waals surface area contributed by atoms with Crippen molar-refractivity contribution in [3.63, 3.8) is 0 Å². The fourth-order valence-corrected chi connectivity index (χ4v) is 3.56. The molecule has 0 unspecified atom stereocenters. The van der Waals surface area contributed by atoms with Gasteiger partial charge in [-0.3, -0.25) is 4.72 Å². The normalized spacial score (nSPS) is 11.5. The Morgan fingerprint density at radius 1 is 0.818 bits per heavy atom. The molecular formula is C18H17NO2S. The molecule has 0 spiro atoms. The first-order chi connectivity index (χ1) is 10.5. The number of rotatable bonds is 3. The maximum Gasteiger partial charge on any atom is 0.261 e. The van der Waals surface area contributed by atoms with Crippen LogP contribution >= 0.6 is 0 Å². The SMILES string of the molecule is Cc1cccc(NS(=O)(=O)c2ccc3ccccc3c2)c1C. The summed E-state index contributed by atoms with van der Waals surface area (Å²) in [6.07, 6.45) is 0. The van der Waals surface area contributed by atoms with Crippen LogP contribution < -0.4 is 4.72 Å². The molecule has 0 atom stereocenters. The highest BCUT2D eigenvalue weighted by Gasteiger charge is 2.16. The van der Waals surface area contributed by atoms with Crippen LogP contribution in [0.4, 0.5) is 5.69 Å². The standard InChI is InChI=1S/C18H17NO2S/c1-13-6-5-9-18(14(13)2)19-22(20,21)17-11-10-15-7-3-4-8-16(15)12-17/h3-12,19H,1-2H3. The van der Waals surface area contributed by atoms with E-state index < -0.39 is 10.0 Å². The summed E-state index contributed by atoms with van der Waals surface area (Å²) < 4.78 is 27.9. The number of aryl methyl sites for hydroxylation is 1. The molecule has 0 saturated heterocycles. The van der Waals surface area contributed by atoms with Gasteiger partial charge in [0, 0.05) is 0 Å². The Hall–Kier alpha value is -2.33. The zero-order valence-electron chi connectivity index (χ0n) is 12.5. The third-order valence-electron chi connectivity index (χ3n) is 3.88. The van der Waals surface area contributed by atoms with E-state index in [1.807, 2.05) is 56.3 Å². The van der Waals surface area contributed by atoms with Crippen molar-refractivity contribution in [1.82, 2.24) is 0 Å². The van der Waals surface area contributed by atoms with Gasteiger partial charge in [0.05, 0.1) is 10.6 Å². The third-order valence-corrected chi connectivity index (χ3v) is 5.24. The van der Waals surface area contributed by atoms with Crippen LogP contribution in [0.3, 0.4) is 0 Å². The summed E-state index contributed by atoms with van der Waals surface area (Å²) in [4.78, 5) is 0.270. The Balaban J connectivity index is 2.02. The molecule has 3 aromatic rings. The molecule has 0 aliphatic heterocycles. The summed E-state index contributed by atoms with van der Waals surface area (Å²) in [5.74, 6) is 0. The molecule has 1 N–H and O–H groups in total. The molecule has 0 aromatic heterocycles. The van der Waals surface area contributed by atoms with Gasteiger partial charge < -0.3 is 0 Å². The van der Waals surface area contributed by atoms with E-state index in [1.54, 1.807) is 18.2 Å². The minimum Gasteiger partial charge on any atom is -0.279 e. The Labute approximate surface area is 130 Å². The number of sulfonamides is 1. The number of hydrogen-bond acceptors (Lipinski definition) is 2. The van der Waals surface area contributed by atoms with Crippen LogP contribution in [-0.2, 0) is 10.0 Å². The lowest BCUT2D eigenvalue weighted by Crippen LogP contribution is -2.14. The molecule has 0 fully saturated rings. The Kier molecular flexibility index (Phi) is 3.62. The van der Waals surface area contributed by atoms with Crippen molar-refractivity contribution in [2.24, 2.45) is 0 Å². The fraction of sp³-hybridized carbons (Fsp3) is 0.111. The molecule has 0 radical (unpaired) electrons. The zero-order valence-corrected chi connectivity index (χ0v) is 13.3. The van der Waals surface area contributed by atoms with Gasteiger partial charge in [-0.2, -0.15) is 0 Å². The van der Waals surface area contributed by atoms with Crippen LogP contribution in [0.2, 0.25) is 0 Å². The van der Waals surface area contributed by atoms with Crippen LogP contribution in [0.25, 0.3) is 10.8 Å². The van der Waals surface area contributed by atoms with Crippen LogP contribution in [-0.4, -0.2) is 8.42 Å². The second kappa shape index (κ2) is 5.46. The van der Waals surface area contributed by atoms with Crippen molar-refractivity contribution in [1.29, 1.82) is 0 Å². The molecule has 112 valence electrons. The van der Waals surface area contributed by atoms with E-state index in [1.165, 1.54) is 0 Å². The predicted molar refractivity (Wildman–Crippen MR) is 90.7 cm³/mol. The summed E-state index contributed by atoms with van der Waals surface area (Å²) in [5, 5.41) is 1.93. The highest BCUT2D eigenvalue weighted by Crippen LogP contribution is 2.24. The average Bonchev–Trinajstić information content (AvgIpc) is 2.51. The van der Waals surface area contributed by atoms with E-state index in [4.69, 9.17) is 0 Å². The summed E-state index contributed by atoms with van der Waals surface area (Å²) in [6, 6.07) is 18.5. The highest BCUT2D eigenvalue weighted by atomic mass is 32.2. The lowest BCUT2D eigenvalue weighted by atomic mass is 10.1. The van der Waals surface area contributed by atoms with Crippen LogP contribution in [0.1, 0.15) is 11.1 Å². The maximum atomic E-state index is 12.6. The van der Waals surface area contributed by atoms with E-state index >= 15 is 0 Å². The molecule has 3 rings (SSSR count). The molecule has 0 aliphatic carbocycles. The quantitative estimate of drug-likeness (QED) is 0.785. The van der Waals surface area contributed by atoms with E-state index in [0.29, 0.717) is 5.69 Å². The Morgan fingerprint density at radius 3 is 2.32 bits per heavy atom. The fourth-order valence-electron chi connectivity index (χ4n) is 2.40. The van der Waals surface area contributed by atoms with Crippen molar-refractivity contribution < 1.29 is 8.42 Å². The second-order valence-electron chi connectivity index (χ2n) is 5.36. The first kappa shape index (κ1) is 14.6. The van der Waals surface area contributed by atoms with Gasteiger partial charge in [-0.1, -0.05) is 42.5 Å². The van der Waals surface area contributed by atoms with Crippen molar-refractivity contribution >= 4 is 26.5 Å². The zero-order chi connectivity index (χ0) is 15.7. The minimum absolute atomic E-state index is 0.270. The lowest BCUT2D eigenvalue weighted by molar-refractivity contribution is 0.601. The molecular weight excluding hydrogens is 294 g/mol. The van der Waals surface area contributed by atoms with Gasteiger partial charge in [-0.05, 0) is 53.9 Å². The van der Waals surface area contributed by atoms with E-state index in [9.17, 15) is 8.42 Å². The topological polar surface area (TPSA) is 46.2 Å². The van der Waals surface area contributed by atoms with Crippen molar-refractivity contribution in [3.05, 3.63) is 71.8 Å². The molecule has 4 heteroatoms. The molecule has 0 aliphatic rings. The molecule has 0 heterocycles. The van der Waals surface area contributed by atoms with Gasteiger partial charge in [0.25, 0.3) is 10.0 Å². The van der Waals surface area contributed by atoms with Crippen molar-refractivity contribution in [2.75, 3.05) is 4.72 Å². The Bertz CT molecular complexity index is 946. The van der Waals surface area contributed by atoms with Gasteiger partial charge in [-0.25, -0.2) is 8.42 Å². The first-order valence-electron chi connectivity index (χ1n) is 7.05. The number of fused-ring (bicyclic) bond motifs is 1. The molecule has 0 bridgehead atoms. The second-order valence-corrected chi connectivity index (χ2v) is 7.04. The van der Waals surface area contributed by atoms with E-state index in [-0.39, 0.29) is 4.90 Å². The molecule has 0 saturated carbocycles. The molecule has 0 amide bonds. The van der Waals surface area contributed by atoms with Gasteiger partial charge in [0.1, 0.15) is 0 Å². The maximum absolute atomic E-state index is 12.6. The molecule has 3 nitrogen and oxygen atoms in total. The summed E-state index contributed by atoms with van der Waals surface area (Å²) >= 11 is 0. The Morgan fingerprint density at radius 2 is 1.55 bits per heavy atom. The smallest absolute Gasteiger partial charge is 0.261 e. The monoisotopic (exact) mass is 311 g/mol. The van der Waals surface area contributed by atoms with E-state index in [2.05, 4.69) is 4.72 Å². The number of hydrogen-bond donors (Lipinski definition) is 1. The van der Waals surface area contributed by atoms with Gasteiger partial charge in [0.2, 0.25) is 0 Å². The molecule has 22 heavy (non-hydrogen) atoms. The predicted octanol–water partition coefficient (Wildman–Crippen LogP) is 4.26. The van der Waals surface area contributed by atoms with Gasteiger partial charge >= 0.3 is 0 Å². The lowest BCUT2D eigenvalue weighted by Gasteiger charge is -2.12. The van der Waals surface area contributed by atoms with Crippen LogP contribution in [0.15, 0.2) is 65.6 Å². The van der Waals surface area contributed by atoms with Gasteiger partial charge in [0.15, 0.2) is 0 Å². The van der Waals surface area contributed by atoms with Gasteiger partial charge in [-0.15, -0.1) is 0 Å². The summed E-state index contributed by atoms with van der Waals surface area (Å²) in [5.41, 5.74) is 2.61. The average molecular weight is 311 g/mol. The van der Waals surface area contributed by atoms with E-state index in [0.717, 1.165) is 21.9 Å². The van der Waals surface area contributed by atoms with Crippen LogP contribution in [0, 0.1) is 13.8 Å². The molecule has 3 aromatic carbocycles. The number of benzene rings is 3. The third kappa shape index (κ3) is 2.70. The number of anilines is 1. The van der Waals surface area contributed by atoms with Crippen molar-refractivity contribution in [2.45, 2.75) is 18.7 Å². The highest BCUT2D eigenvalue weighted by molar-refractivity contribution is 7.92. The minimum atomic E-state index is -3.59. The van der Waals surface area contributed by atoms with Crippen molar-refractivity contribution in [3.8, 4) is 0 Å². The van der Waals surface area contributed by atoms with Crippen LogP contribution in [0.5, 0.6) is 0 Å².